The molecule has 8 nitrogen and oxygen atoms in total. The van der Waals surface area contributed by atoms with Gasteiger partial charge in [-0.2, -0.15) is 5.10 Å². The number of aryl methyl sites for hydroxylation is 1. The molecule has 2 aromatic heterocycles. The van der Waals surface area contributed by atoms with Crippen molar-refractivity contribution in [2.45, 2.75) is 19.3 Å². The van der Waals surface area contributed by atoms with Crippen LogP contribution < -0.4 is 16.2 Å². The molecule has 0 bridgehead atoms. The zero-order valence-electron chi connectivity index (χ0n) is 12.1. The van der Waals surface area contributed by atoms with E-state index in [9.17, 15) is 14.4 Å². The van der Waals surface area contributed by atoms with Crippen LogP contribution in [0.15, 0.2) is 23.1 Å². The number of aromatic nitrogens is 3. The summed E-state index contributed by atoms with van der Waals surface area (Å²) >= 11 is 0. The zero-order valence-corrected chi connectivity index (χ0v) is 12.1. The van der Waals surface area contributed by atoms with Crippen LogP contribution in [-0.2, 0) is 11.8 Å². The van der Waals surface area contributed by atoms with Crippen LogP contribution in [0.1, 0.15) is 35.2 Å². The molecule has 0 aliphatic carbocycles. The summed E-state index contributed by atoms with van der Waals surface area (Å²) in [6, 6.07) is 2.72. The molecule has 0 spiro atoms. The van der Waals surface area contributed by atoms with Gasteiger partial charge in [0, 0.05) is 31.3 Å². The second-order valence-corrected chi connectivity index (χ2v) is 5.28. The van der Waals surface area contributed by atoms with Gasteiger partial charge in [0.15, 0.2) is 5.82 Å². The minimum atomic E-state index is -0.374. The van der Waals surface area contributed by atoms with Gasteiger partial charge in [-0.25, -0.2) is 0 Å². The lowest BCUT2D eigenvalue weighted by Gasteiger charge is -2.20. The SMILES string of the molecule is C[C@H]1CC(=O)Nc2c1c(NC(=O)c1ccc(=O)[nH]c1)nn2C. The molecule has 0 saturated carbocycles. The molecular formula is C14H15N5O3. The highest BCUT2D eigenvalue weighted by molar-refractivity contribution is 6.05. The molecule has 0 unspecified atom stereocenters. The minimum absolute atomic E-state index is 0.0386. The maximum absolute atomic E-state index is 12.2. The number of hydrogen-bond donors (Lipinski definition) is 3. The Hall–Kier alpha value is -2.90. The Balaban J connectivity index is 1.92. The Morgan fingerprint density at radius 1 is 1.41 bits per heavy atom. The molecule has 0 saturated heterocycles. The first-order valence-electron chi connectivity index (χ1n) is 6.82. The number of pyridine rings is 1. The van der Waals surface area contributed by atoms with Gasteiger partial charge in [-0.05, 0) is 12.0 Å². The predicted molar refractivity (Wildman–Crippen MR) is 79.9 cm³/mol. The molecule has 0 radical (unpaired) electrons. The van der Waals surface area contributed by atoms with E-state index >= 15 is 0 Å². The highest BCUT2D eigenvalue weighted by atomic mass is 16.2. The molecule has 2 amide bonds. The molecule has 1 aliphatic rings. The largest absolute Gasteiger partial charge is 0.328 e. The highest BCUT2D eigenvalue weighted by Crippen LogP contribution is 2.36. The summed E-state index contributed by atoms with van der Waals surface area (Å²) in [5.41, 5.74) is 0.856. The fourth-order valence-corrected chi connectivity index (χ4v) is 2.54. The standard InChI is InChI=1S/C14H15N5O3/c1-7-5-10(21)16-13-11(7)12(18-19(13)2)17-14(22)8-3-4-9(20)15-6-8/h3-4,6-7H,5H2,1-2H3,(H,15,20)(H,16,21)(H,17,18,22)/t7-/m0/s1. The number of carbonyl (C=O) groups excluding carboxylic acids is 2. The van der Waals surface area contributed by atoms with Gasteiger partial charge in [-0.1, -0.05) is 6.92 Å². The summed E-state index contributed by atoms with van der Waals surface area (Å²) in [6.07, 6.45) is 1.69. The molecule has 8 heteroatoms. The number of rotatable bonds is 2. The molecule has 22 heavy (non-hydrogen) atoms. The van der Waals surface area contributed by atoms with Crippen LogP contribution in [-0.4, -0.2) is 26.6 Å². The van der Waals surface area contributed by atoms with Crippen molar-refractivity contribution in [2.24, 2.45) is 7.05 Å². The number of nitrogens with one attached hydrogen (secondary N) is 3. The monoisotopic (exact) mass is 301 g/mol. The number of hydrogen-bond acceptors (Lipinski definition) is 4. The highest BCUT2D eigenvalue weighted by Gasteiger charge is 2.29. The topological polar surface area (TPSA) is 109 Å². The summed E-state index contributed by atoms with van der Waals surface area (Å²) in [5.74, 6) is 0.535. The minimum Gasteiger partial charge on any atom is -0.328 e. The Labute approximate surface area is 125 Å². The quantitative estimate of drug-likeness (QED) is 0.762. The Bertz CT molecular complexity index is 800. The van der Waals surface area contributed by atoms with Crippen molar-refractivity contribution in [2.75, 3.05) is 10.6 Å². The van der Waals surface area contributed by atoms with Gasteiger partial charge >= 0.3 is 0 Å². The van der Waals surface area contributed by atoms with Crippen LogP contribution in [0.4, 0.5) is 11.6 Å². The summed E-state index contributed by atoms with van der Waals surface area (Å²) in [7, 11) is 1.70. The van der Waals surface area contributed by atoms with E-state index in [-0.39, 0.29) is 23.3 Å². The molecule has 3 rings (SSSR count). The predicted octanol–water partition coefficient (Wildman–Crippen LogP) is 0.806. The normalized spacial score (nSPS) is 16.8. The molecule has 1 atom stereocenters. The van der Waals surface area contributed by atoms with E-state index < -0.39 is 0 Å². The van der Waals surface area contributed by atoms with Gasteiger partial charge in [0.1, 0.15) is 5.82 Å². The molecule has 0 aromatic carbocycles. The van der Waals surface area contributed by atoms with Crippen molar-refractivity contribution in [1.29, 1.82) is 0 Å². The van der Waals surface area contributed by atoms with Crippen LogP contribution in [0.3, 0.4) is 0 Å². The number of nitrogens with zero attached hydrogens (tertiary/aromatic N) is 2. The molecule has 2 aromatic rings. The summed E-state index contributed by atoms with van der Waals surface area (Å²) in [6.45, 7) is 1.91. The van der Waals surface area contributed by atoms with E-state index in [4.69, 9.17) is 0 Å². The van der Waals surface area contributed by atoms with Gasteiger partial charge in [-0.15, -0.1) is 0 Å². The number of anilines is 2. The zero-order chi connectivity index (χ0) is 15.9. The van der Waals surface area contributed by atoms with Crippen molar-refractivity contribution in [1.82, 2.24) is 14.8 Å². The lowest BCUT2D eigenvalue weighted by molar-refractivity contribution is -0.116. The first-order valence-corrected chi connectivity index (χ1v) is 6.82. The number of fused-ring (bicyclic) bond motifs is 1. The molecule has 1 aliphatic heterocycles. The van der Waals surface area contributed by atoms with Crippen LogP contribution >= 0.6 is 0 Å². The lowest BCUT2D eigenvalue weighted by Crippen LogP contribution is -2.23. The first kappa shape index (κ1) is 14.1. The maximum atomic E-state index is 12.2. The maximum Gasteiger partial charge on any atom is 0.258 e. The Morgan fingerprint density at radius 2 is 2.18 bits per heavy atom. The molecular weight excluding hydrogens is 286 g/mol. The van der Waals surface area contributed by atoms with Gasteiger partial charge in [-0.3, -0.25) is 19.1 Å². The third-order valence-electron chi connectivity index (χ3n) is 3.60. The third-order valence-corrected chi connectivity index (χ3v) is 3.60. The second kappa shape index (κ2) is 5.14. The summed E-state index contributed by atoms with van der Waals surface area (Å²) < 4.78 is 1.53. The van der Waals surface area contributed by atoms with E-state index in [2.05, 4.69) is 20.7 Å². The molecule has 114 valence electrons. The smallest absolute Gasteiger partial charge is 0.258 e. The van der Waals surface area contributed by atoms with Gasteiger partial charge in [0.25, 0.3) is 5.91 Å². The second-order valence-electron chi connectivity index (χ2n) is 5.28. The van der Waals surface area contributed by atoms with Crippen molar-refractivity contribution >= 4 is 23.5 Å². The average Bonchev–Trinajstić information content (AvgIpc) is 2.76. The van der Waals surface area contributed by atoms with E-state index in [1.807, 2.05) is 6.92 Å². The van der Waals surface area contributed by atoms with Crippen molar-refractivity contribution in [3.63, 3.8) is 0 Å². The Morgan fingerprint density at radius 3 is 2.86 bits per heavy atom. The summed E-state index contributed by atoms with van der Waals surface area (Å²) in [4.78, 5) is 37.3. The average molecular weight is 301 g/mol. The van der Waals surface area contributed by atoms with Gasteiger partial charge < -0.3 is 15.6 Å². The Kier molecular flexibility index (Phi) is 3.28. The van der Waals surface area contributed by atoms with E-state index in [1.165, 1.54) is 23.0 Å². The molecule has 3 heterocycles. The van der Waals surface area contributed by atoms with Crippen LogP contribution in [0, 0.1) is 0 Å². The number of H-pyrrole nitrogens is 1. The fourth-order valence-electron chi connectivity index (χ4n) is 2.54. The van der Waals surface area contributed by atoms with Gasteiger partial charge in [0.2, 0.25) is 11.5 Å². The van der Waals surface area contributed by atoms with Crippen LogP contribution in [0.25, 0.3) is 0 Å². The molecule has 3 N–H and O–H groups in total. The number of carbonyl (C=O) groups is 2. The molecule has 0 fully saturated rings. The number of amides is 2. The summed E-state index contributed by atoms with van der Waals surface area (Å²) in [5, 5.41) is 9.75. The van der Waals surface area contributed by atoms with Crippen LogP contribution in [0.2, 0.25) is 0 Å². The van der Waals surface area contributed by atoms with E-state index in [1.54, 1.807) is 7.05 Å². The van der Waals surface area contributed by atoms with Crippen molar-refractivity contribution in [3.05, 3.63) is 39.8 Å². The van der Waals surface area contributed by atoms with Gasteiger partial charge in [0.05, 0.1) is 5.56 Å². The fraction of sp³-hybridized carbons (Fsp3) is 0.286. The van der Waals surface area contributed by atoms with Crippen LogP contribution in [0.5, 0.6) is 0 Å². The van der Waals surface area contributed by atoms with E-state index in [0.29, 0.717) is 23.6 Å². The lowest BCUT2D eigenvalue weighted by atomic mass is 9.95. The number of aromatic amines is 1. The van der Waals surface area contributed by atoms with Crippen molar-refractivity contribution < 1.29 is 9.59 Å². The van der Waals surface area contributed by atoms with Crippen molar-refractivity contribution in [3.8, 4) is 0 Å². The first-order chi connectivity index (χ1) is 10.5. The third kappa shape index (κ3) is 2.39. The van der Waals surface area contributed by atoms with E-state index in [0.717, 1.165) is 5.56 Å².